The van der Waals surface area contributed by atoms with Crippen molar-refractivity contribution in [2.75, 3.05) is 55.4 Å². The first-order valence-corrected chi connectivity index (χ1v) is 12.8. The molecule has 9 heteroatoms. The lowest BCUT2D eigenvalue weighted by Gasteiger charge is -2.34. The van der Waals surface area contributed by atoms with Crippen molar-refractivity contribution in [2.24, 2.45) is 0 Å². The largest absolute Gasteiger partial charge is 0.369 e. The third kappa shape index (κ3) is 5.68. The third-order valence-electron chi connectivity index (χ3n) is 7.00. The highest BCUT2D eigenvalue weighted by atomic mass is 16.2. The van der Waals surface area contributed by atoms with Crippen LogP contribution in [0.3, 0.4) is 0 Å². The highest BCUT2D eigenvalue weighted by Gasteiger charge is 2.30. The number of rotatable bonds is 7. The maximum atomic E-state index is 13.2. The van der Waals surface area contributed by atoms with Gasteiger partial charge in [0.05, 0.1) is 13.1 Å². The molecule has 1 aromatic heterocycles. The van der Waals surface area contributed by atoms with E-state index < -0.39 is 0 Å². The van der Waals surface area contributed by atoms with Gasteiger partial charge < -0.3 is 20.0 Å². The Morgan fingerprint density at radius 1 is 1.05 bits per heavy atom. The lowest BCUT2D eigenvalue weighted by atomic mass is 10.1. The average Bonchev–Trinajstić information content (AvgIpc) is 2.92. The number of carbonyl (C=O) groups excluding carboxylic acids is 2. The first-order valence-electron chi connectivity index (χ1n) is 12.8. The van der Waals surface area contributed by atoms with Crippen LogP contribution >= 0.6 is 0 Å². The van der Waals surface area contributed by atoms with Gasteiger partial charge >= 0.3 is 6.03 Å². The molecule has 0 aliphatic carbocycles. The van der Waals surface area contributed by atoms with Crippen molar-refractivity contribution in [3.63, 3.8) is 0 Å². The van der Waals surface area contributed by atoms with Gasteiger partial charge in [-0.15, -0.1) is 0 Å². The second kappa shape index (κ2) is 11.0. The van der Waals surface area contributed by atoms with Crippen molar-refractivity contribution in [2.45, 2.75) is 19.5 Å². The van der Waals surface area contributed by atoms with Gasteiger partial charge in [0.2, 0.25) is 5.91 Å². The Kier molecular flexibility index (Phi) is 7.37. The molecule has 2 aromatic carbocycles. The van der Waals surface area contributed by atoms with Gasteiger partial charge in [-0.25, -0.2) is 14.8 Å². The molecule has 9 nitrogen and oxygen atoms in total. The smallest absolute Gasteiger partial charge is 0.326 e. The monoisotopic (exact) mass is 511 g/mol. The van der Waals surface area contributed by atoms with Gasteiger partial charge in [-0.05, 0) is 48.5 Å². The number of piperazine rings is 1. The maximum Gasteiger partial charge on any atom is 0.326 e. The van der Waals surface area contributed by atoms with E-state index >= 15 is 0 Å². The normalized spacial score (nSPS) is 15.8. The number of fused-ring (bicyclic) bond motifs is 1. The van der Waals surface area contributed by atoms with Gasteiger partial charge in [-0.1, -0.05) is 30.8 Å². The quantitative estimate of drug-likeness (QED) is 0.489. The minimum absolute atomic E-state index is 0.126. The molecular weight excluding hydrogens is 478 g/mol. The molecule has 0 radical (unpaired) electrons. The van der Waals surface area contributed by atoms with Crippen molar-refractivity contribution >= 4 is 29.1 Å². The molecule has 2 aliphatic heterocycles. The summed E-state index contributed by atoms with van der Waals surface area (Å²) in [5.41, 5.74) is 4.78. The van der Waals surface area contributed by atoms with Crippen LogP contribution in [0.1, 0.15) is 22.5 Å². The van der Waals surface area contributed by atoms with E-state index in [0.717, 1.165) is 42.9 Å². The zero-order valence-electron chi connectivity index (χ0n) is 21.9. The van der Waals surface area contributed by atoms with Gasteiger partial charge in [0, 0.05) is 62.8 Å². The molecule has 1 fully saturated rings. The minimum Gasteiger partial charge on any atom is -0.369 e. The van der Waals surface area contributed by atoms with Crippen molar-refractivity contribution in [1.29, 1.82) is 0 Å². The van der Waals surface area contributed by atoms with Crippen LogP contribution < -0.4 is 15.1 Å². The van der Waals surface area contributed by atoms with Gasteiger partial charge in [0.15, 0.2) is 0 Å². The summed E-state index contributed by atoms with van der Waals surface area (Å²) in [5.74, 6) is 1.02. The molecule has 0 spiro atoms. The summed E-state index contributed by atoms with van der Waals surface area (Å²) in [6.07, 6.45) is 3.63. The number of nitrogens with zero attached hydrogens (tertiary/aromatic N) is 6. The molecule has 0 saturated carbocycles. The highest BCUT2D eigenvalue weighted by Crippen LogP contribution is 2.28. The lowest BCUT2D eigenvalue weighted by Crippen LogP contribution is -2.45. The second-order valence-electron chi connectivity index (χ2n) is 9.89. The second-order valence-corrected chi connectivity index (χ2v) is 9.89. The van der Waals surface area contributed by atoms with E-state index in [0.29, 0.717) is 36.8 Å². The Morgan fingerprint density at radius 2 is 1.82 bits per heavy atom. The summed E-state index contributed by atoms with van der Waals surface area (Å²) in [7, 11) is 3.93. The summed E-state index contributed by atoms with van der Waals surface area (Å²) in [5, 5.41) is 2.77. The van der Waals surface area contributed by atoms with E-state index in [9.17, 15) is 9.59 Å². The average molecular weight is 512 g/mol. The van der Waals surface area contributed by atoms with Crippen molar-refractivity contribution < 1.29 is 9.59 Å². The Labute approximate surface area is 223 Å². The van der Waals surface area contributed by atoms with E-state index in [-0.39, 0.29) is 11.9 Å². The first-order chi connectivity index (χ1) is 18.4. The third-order valence-corrected chi connectivity index (χ3v) is 7.00. The van der Waals surface area contributed by atoms with Crippen LogP contribution in [0.4, 0.5) is 22.0 Å². The predicted molar refractivity (Wildman–Crippen MR) is 149 cm³/mol. The number of nitrogens with one attached hydrogen (secondary N) is 1. The molecule has 0 unspecified atom stereocenters. The molecule has 3 amide bonds. The van der Waals surface area contributed by atoms with Crippen LogP contribution in [0.5, 0.6) is 0 Å². The fourth-order valence-corrected chi connectivity index (χ4v) is 4.82. The Bertz CT molecular complexity index is 1330. The van der Waals surface area contributed by atoms with Gasteiger partial charge in [0.25, 0.3) is 0 Å². The van der Waals surface area contributed by atoms with Crippen LogP contribution in [-0.2, 0) is 24.3 Å². The molecule has 3 heterocycles. The highest BCUT2D eigenvalue weighted by molar-refractivity contribution is 5.99. The number of benzene rings is 2. The maximum absolute atomic E-state index is 13.2. The topological polar surface area (TPSA) is 84.9 Å². The molecule has 38 heavy (non-hydrogen) atoms. The molecule has 1 saturated heterocycles. The SMILES string of the molecule is C=CC(=O)Nc1cccc(CN2C(=O)N(C)Cc3cnc(Cc4ccc(N5CCN(C)CC5)cc4)nc32)c1. The summed E-state index contributed by atoms with van der Waals surface area (Å²) < 4.78 is 0. The number of likely N-dealkylation sites (N-methyl/N-ethyl adjacent to an activating group) is 1. The van der Waals surface area contributed by atoms with E-state index in [4.69, 9.17) is 4.98 Å². The molecule has 196 valence electrons. The predicted octanol–water partition coefficient (Wildman–Crippen LogP) is 3.52. The molecule has 3 aromatic rings. The molecular formula is C29H33N7O2. The number of hydrogen-bond acceptors (Lipinski definition) is 6. The Balaban J connectivity index is 1.34. The first kappa shape index (κ1) is 25.4. The molecule has 1 N–H and O–H groups in total. The summed E-state index contributed by atoms with van der Waals surface area (Å²) >= 11 is 0. The Morgan fingerprint density at radius 3 is 2.55 bits per heavy atom. The zero-order chi connectivity index (χ0) is 26.6. The molecule has 5 rings (SSSR count). The van der Waals surface area contributed by atoms with Crippen molar-refractivity contribution in [3.8, 4) is 0 Å². The van der Waals surface area contributed by atoms with Gasteiger partial charge in [0.1, 0.15) is 11.6 Å². The standard InChI is InChI=1S/C29H33N7O2/c1-4-27(37)31-24-7-5-6-22(16-24)19-36-28-23(20-34(3)29(36)38)18-30-26(32-28)17-21-8-10-25(11-9-21)35-14-12-33(2)13-15-35/h4-11,16,18H,1,12-15,17,19-20H2,2-3H3,(H,31,37). The summed E-state index contributed by atoms with van der Waals surface area (Å²) in [6, 6.07) is 15.9. The number of amides is 3. The summed E-state index contributed by atoms with van der Waals surface area (Å²) in [6.45, 7) is 8.49. The Hall–Kier alpha value is -4.24. The van der Waals surface area contributed by atoms with Crippen LogP contribution in [0.25, 0.3) is 0 Å². The van der Waals surface area contributed by atoms with Gasteiger partial charge in [-0.3, -0.25) is 9.69 Å². The number of urea groups is 1. The lowest BCUT2D eigenvalue weighted by molar-refractivity contribution is -0.111. The summed E-state index contributed by atoms with van der Waals surface area (Å²) in [4.78, 5) is 42.5. The zero-order valence-corrected chi connectivity index (χ0v) is 21.9. The van der Waals surface area contributed by atoms with Crippen molar-refractivity contribution in [1.82, 2.24) is 19.8 Å². The molecule has 0 atom stereocenters. The van der Waals surface area contributed by atoms with Crippen LogP contribution in [-0.4, -0.2) is 72.0 Å². The molecule has 0 bridgehead atoms. The van der Waals surface area contributed by atoms with E-state index in [1.54, 1.807) is 22.9 Å². The van der Waals surface area contributed by atoms with Crippen molar-refractivity contribution in [3.05, 3.63) is 89.9 Å². The number of hydrogen-bond donors (Lipinski definition) is 1. The number of aromatic nitrogens is 2. The van der Waals surface area contributed by atoms with Crippen LogP contribution in [0.15, 0.2) is 67.4 Å². The number of anilines is 3. The fourth-order valence-electron chi connectivity index (χ4n) is 4.82. The number of carbonyl (C=O) groups is 2. The van der Waals surface area contributed by atoms with E-state index in [2.05, 4.69) is 58.0 Å². The van der Waals surface area contributed by atoms with Crippen LogP contribution in [0, 0.1) is 0 Å². The van der Waals surface area contributed by atoms with E-state index in [1.807, 2.05) is 24.4 Å². The van der Waals surface area contributed by atoms with Crippen LogP contribution in [0.2, 0.25) is 0 Å². The van der Waals surface area contributed by atoms with E-state index in [1.165, 1.54) is 11.8 Å². The minimum atomic E-state index is -0.282. The fraction of sp³-hybridized carbons (Fsp3) is 0.310. The molecule has 2 aliphatic rings. The van der Waals surface area contributed by atoms with Gasteiger partial charge in [-0.2, -0.15) is 0 Å².